The molecule has 0 fully saturated rings. The first-order valence-corrected chi connectivity index (χ1v) is 16.5. The molecule has 266 valence electrons. The van der Waals surface area contributed by atoms with E-state index in [0.717, 1.165) is 50.0 Å². The standard InChI is InChI=1S/C38H36N6O8/c1-48-31-16-23-13-15-43(21-24(23)17-32(31)49-2)14-12-22-8-10-25(11-9-22)44-41-37(40-42-44)26-18-33(50-3)34(51-4)19-27(26)39-38(47)35-20-29(46)36-28(45)6-5-7-30(36)52-35/h5-11,16-20,45H,12-15,21H2,1-4H3,(H,39,47). The second kappa shape index (κ2) is 14.4. The maximum atomic E-state index is 13.4. The Morgan fingerprint density at radius 3 is 2.31 bits per heavy atom. The number of fused-ring (bicyclic) bond motifs is 2. The van der Waals surface area contributed by atoms with E-state index in [0.29, 0.717) is 22.7 Å². The van der Waals surface area contributed by atoms with Crippen LogP contribution in [0, 0.1) is 0 Å². The van der Waals surface area contributed by atoms with Crippen molar-refractivity contribution in [3.05, 3.63) is 105 Å². The number of anilines is 1. The van der Waals surface area contributed by atoms with E-state index < -0.39 is 11.3 Å². The topological polar surface area (TPSA) is 163 Å². The number of phenolic OH excluding ortho intramolecular Hbond substituents is 1. The average Bonchev–Trinajstić information content (AvgIpc) is 3.66. The first-order valence-electron chi connectivity index (χ1n) is 16.5. The molecule has 14 heteroatoms. The van der Waals surface area contributed by atoms with Crippen LogP contribution < -0.4 is 29.7 Å². The Labute approximate surface area is 298 Å². The highest BCUT2D eigenvalue weighted by molar-refractivity contribution is 6.05. The number of methoxy groups -OCH3 is 4. The number of phenols is 1. The van der Waals surface area contributed by atoms with Crippen LogP contribution in [0.1, 0.15) is 27.2 Å². The van der Waals surface area contributed by atoms with Crippen molar-refractivity contribution in [1.29, 1.82) is 0 Å². The Hall–Kier alpha value is -6.41. The molecule has 2 N–H and O–H groups in total. The van der Waals surface area contributed by atoms with Crippen LogP contribution in [0.2, 0.25) is 0 Å². The number of benzene rings is 4. The van der Waals surface area contributed by atoms with E-state index in [9.17, 15) is 14.7 Å². The fraction of sp³-hybridized carbons (Fsp3) is 0.237. The molecule has 0 spiro atoms. The third kappa shape index (κ3) is 6.71. The van der Waals surface area contributed by atoms with Crippen LogP contribution in [0.25, 0.3) is 28.0 Å². The van der Waals surface area contributed by atoms with E-state index in [1.807, 2.05) is 24.3 Å². The quantitative estimate of drug-likeness (QED) is 0.185. The molecule has 2 aromatic heterocycles. The molecule has 4 aromatic carbocycles. The van der Waals surface area contributed by atoms with Gasteiger partial charge in [-0.05, 0) is 77.2 Å². The third-order valence-corrected chi connectivity index (χ3v) is 9.06. The lowest BCUT2D eigenvalue weighted by Crippen LogP contribution is -2.32. The van der Waals surface area contributed by atoms with Gasteiger partial charge in [0.25, 0.3) is 5.91 Å². The highest BCUT2D eigenvalue weighted by atomic mass is 16.5. The lowest BCUT2D eigenvalue weighted by molar-refractivity contribution is 0.0997. The number of hydrogen-bond donors (Lipinski definition) is 2. The molecule has 0 bridgehead atoms. The van der Waals surface area contributed by atoms with Crippen LogP contribution in [-0.4, -0.2) is 77.6 Å². The number of hydrogen-bond acceptors (Lipinski definition) is 12. The second-order valence-corrected chi connectivity index (χ2v) is 12.2. The van der Waals surface area contributed by atoms with Crippen molar-refractivity contribution in [2.45, 2.75) is 19.4 Å². The highest BCUT2D eigenvalue weighted by Crippen LogP contribution is 2.38. The van der Waals surface area contributed by atoms with E-state index in [1.165, 1.54) is 53.9 Å². The molecule has 0 saturated carbocycles. The zero-order chi connectivity index (χ0) is 36.4. The van der Waals surface area contributed by atoms with Gasteiger partial charge in [-0.15, -0.1) is 15.0 Å². The van der Waals surface area contributed by atoms with Gasteiger partial charge in [0.2, 0.25) is 5.82 Å². The minimum Gasteiger partial charge on any atom is -0.507 e. The summed E-state index contributed by atoms with van der Waals surface area (Å²) in [6.07, 6.45) is 1.82. The van der Waals surface area contributed by atoms with Gasteiger partial charge in [-0.3, -0.25) is 14.5 Å². The van der Waals surface area contributed by atoms with Gasteiger partial charge in [0, 0.05) is 31.8 Å². The summed E-state index contributed by atoms with van der Waals surface area (Å²) in [5, 5.41) is 26.0. The number of nitrogens with one attached hydrogen (secondary N) is 1. The molecule has 0 unspecified atom stereocenters. The van der Waals surface area contributed by atoms with Crippen molar-refractivity contribution >= 4 is 22.6 Å². The van der Waals surface area contributed by atoms with Gasteiger partial charge in [-0.25, -0.2) is 0 Å². The Balaban J connectivity index is 1.08. The zero-order valence-electron chi connectivity index (χ0n) is 29.0. The Bertz CT molecular complexity index is 2340. The molecule has 0 aliphatic carbocycles. The number of rotatable bonds is 11. The van der Waals surface area contributed by atoms with Crippen molar-refractivity contribution in [3.8, 4) is 45.8 Å². The number of aromatic nitrogens is 4. The summed E-state index contributed by atoms with van der Waals surface area (Å²) in [4.78, 5) is 30.0. The number of tetrazole rings is 1. The predicted octanol–water partition coefficient (Wildman–Crippen LogP) is 5.03. The number of amides is 1. The van der Waals surface area contributed by atoms with Crippen LogP contribution in [0.5, 0.6) is 28.7 Å². The fourth-order valence-electron chi connectivity index (χ4n) is 6.30. The van der Waals surface area contributed by atoms with E-state index in [2.05, 4.69) is 37.8 Å². The lowest BCUT2D eigenvalue weighted by atomic mass is 9.98. The number of carbonyl (C=O) groups is 1. The SMILES string of the molecule is COc1cc2c(cc1OC)CN(CCc1ccc(-n3nnc(-c4cc(OC)c(OC)cc4NC(=O)c4cc(=O)c5c(O)cccc5o4)n3)cc1)CC2. The molecule has 1 aliphatic rings. The predicted molar refractivity (Wildman–Crippen MR) is 192 cm³/mol. The Morgan fingerprint density at radius 2 is 1.58 bits per heavy atom. The first-order chi connectivity index (χ1) is 25.3. The molecule has 0 radical (unpaired) electrons. The number of aromatic hydroxyl groups is 1. The summed E-state index contributed by atoms with van der Waals surface area (Å²) in [6.45, 7) is 2.71. The van der Waals surface area contributed by atoms with Gasteiger partial charge in [0.15, 0.2) is 34.2 Å². The summed E-state index contributed by atoms with van der Waals surface area (Å²) in [5.74, 6) is 1.20. The number of nitrogens with zero attached hydrogens (tertiary/aromatic N) is 5. The van der Waals surface area contributed by atoms with Crippen molar-refractivity contribution in [3.63, 3.8) is 0 Å². The molecule has 0 atom stereocenters. The summed E-state index contributed by atoms with van der Waals surface area (Å²) in [5.41, 5.74) is 4.56. The fourth-order valence-corrected chi connectivity index (χ4v) is 6.30. The monoisotopic (exact) mass is 704 g/mol. The van der Waals surface area contributed by atoms with Crippen LogP contribution in [0.4, 0.5) is 5.69 Å². The molecule has 52 heavy (non-hydrogen) atoms. The van der Waals surface area contributed by atoms with Crippen molar-refractivity contribution < 1.29 is 33.3 Å². The smallest absolute Gasteiger partial charge is 0.291 e. The zero-order valence-corrected chi connectivity index (χ0v) is 29.0. The van der Waals surface area contributed by atoms with Crippen molar-refractivity contribution in [2.24, 2.45) is 0 Å². The Morgan fingerprint density at radius 1 is 0.885 bits per heavy atom. The molecule has 14 nitrogen and oxygen atoms in total. The second-order valence-electron chi connectivity index (χ2n) is 12.2. The third-order valence-electron chi connectivity index (χ3n) is 9.06. The normalized spacial score (nSPS) is 12.7. The Kier molecular flexibility index (Phi) is 9.46. The molecule has 0 saturated heterocycles. The first kappa shape index (κ1) is 34.1. The molecular formula is C38H36N6O8. The van der Waals surface area contributed by atoms with Crippen LogP contribution in [-0.2, 0) is 19.4 Å². The summed E-state index contributed by atoms with van der Waals surface area (Å²) in [7, 11) is 6.27. The lowest BCUT2D eigenvalue weighted by Gasteiger charge is -2.29. The maximum absolute atomic E-state index is 13.4. The summed E-state index contributed by atoms with van der Waals surface area (Å²) >= 11 is 0. The molecule has 6 aromatic rings. The molecule has 7 rings (SSSR count). The van der Waals surface area contributed by atoms with Crippen LogP contribution in [0.15, 0.2) is 82.0 Å². The molecule has 1 amide bonds. The van der Waals surface area contributed by atoms with Gasteiger partial charge in [0.1, 0.15) is 16.7 Å². The molecule has 1 aliphatic heterocycles. The molecular weight excluding hydrogens is 668 g/mol. The number of carbonyl (C=O) groups excluding carboxylic acids is 1. The van der Waals surface area contributed by atoms with Crippen molar-refractivity contribution in [1.82, 2.24) is 25.1 Å². The molecule has 3 heterocycles. The summed E-state index contributed by atoms with van der Waals surface area (Å²) < 4.78 is 27.6. The minimum absolute atomic E-state index is 0.0177. The minimum atomic E-state index is -0.715. The van der Waals surface area contributed by atoms with E-state index in [1.54, 1.807) is 26.4 Å². The van der Waals surface area contributed by atoms with Gasteiger partial charge in [-0.2, -0.15) is 0 Å². The van der Waals surface area contributed by atoms with Gasteiger partial charge in [0.05, 0.1) is 45.4 Å². The van der Waals surface area contributed by atoms with Gasteiger partial charge < -0.3 is 33.8 Å². The van der Waals surface area contributed by atoms with E-state index in [-0.39, 0.29) is 34.0 Å². The van der Waals surface area contributed by atoms with Gasteiger partial charge >= 0.3 is 0 Å². The van der Waals surface area contributed by atoms with Crippen molar-refractivity contribution in [2.75, 3.05) is 46.8 Å². The maximum Gasteiger partial charge on any atom is 0.291 e. The van der Waals surface area contributed by atoms with E-state index in [4.69, 9.17) is 23.4 Å². The largest absolute Gasteiger partial charge is 0.507 e. The number of ether oxygens (including phenoxy) is 4. The average molecular weight is 705 g/mol. The van der Waals surface area contributed by atoms with Gasteiger partial charge in [-0.1, -0.05) is 18.2 Å². The van der Waals surface area contributed by atoms with E-state index >= 15 is 0 Å². The highest BCUT2D eigenvalue weighted by Gasteiger charge is 2.22. The summed E-state index contributed by atoms with van der Waals surface area (Å²) in [6, 6.07) is 20.7. The van der Waals surface area contributed by atoms with Crippen LogP contribution >= 0.6 is 0 Å². The van der Waals surface area contributed by atoms with Crippen LogP contribution in [0.3, 0.4) is 0 Å².